The monoisotopic (exact) mass is 282 g/mol. The number of hydrogen-bond donors (Lipinski definition) is 0. The Kier molecular flexibility index (Phi) is 725. The second-order valence-electron chi connectivity index (χ2n) is 0.408. The van der Waals surface area contributed by atoms with Crippen LogP contribution < -0.4 is 0 Å². The minimum atomic E-state index is -5.17. The van der Waals surface area contributed by atoms with Crippen molar-refractivity contribution in [3.63, 3.8) is 0 Å². The Bertz CT molecular complexity index is 93.7. The third-order valence-corrected chi connectivity index (χ3v) is 0. The van der Waals surface area contributed by atoms with E-state index in [0.717, 1.165) is 0 Å². The molecule has 18 N–H and O–H groups in total. The molecule has 0 aliphatic heterocycles. The van der Waals surface area contributed by atoms with Gasteiger partial charge in [-0.2, -0.15) is 0 Å². The van der Waals surface area contributed by atoms with E-state index < -0.39 is 10.4 Å². The largest absolute Gasteiger partial charge is 2.00 e. The van der Waals surface area contributed by atoms with Gasteiger partial charge in [-0.05, 0) is 0 Å². The van der Waals surface area contributed by atoms with E-state index in [0.29, 0.717) is 0 Å². The first-order valence-corrected chi connectivity index (χ1v) is 2.00. The van der Waals surface area contributed by atoms with Crippen LogP contribution in [-0.4, -0.2) is 89.9 Å². The molecule has 0 radical (unpaired) electrons. The van der Waals surface area contributed by atoms with E-state index in [1.54, 1.807) is 0 Å². The van der Waals surface area contributed by atoms with Crippen molar-refractivity contribution < 1.29 is 66.8 Å². The molecule has 0 saturated carbocycles. The van der Waals surface area contributed by atoms with Crippen LogP contribution >= 0.6 is 0 Å². The van der Waals surface area contributed by atoms with Gasteiger partial charge in [-0.25, -0.2) is 0 Å². The standard InChI is InChI=1S/Mg.H2O4S.9H2O/c;1-5(2,3)4;;;;;;;;;/h;(H2,1,2,3,4);9*1H2/q+2;;;;;;;;;;/p-2. The minimum Gasteiger partial charge on any atom is -0.759 e. The van der Waals surface area contributed by atoms with Gasteiger partial charge in [0, 0.05) is 10.4 Å². The van der Waals surface area contributed by atoms with Crippen LogP contribution in [0.3, 0.4) is 0 Å². The van der Waals surface area contributed by atoms with Gasteiger partial charge >= 0.3 is 23.1 Å². The van der Waals surface area contributed by atoms with E-state index in [4.69, 9.17) is 17.5 Å². The van der Waals surface area contributed by atoms with Gasteiger partial charge in [-0.15, -0.1) is 0 Å². The van der Waals surface area contributed by atoms with Crippen LogP contribution in [0.15, 0.2) is 0 Å². The smallest absolute Gasteiger partial charge is 0.759 e. The third kappa shape index (κ3) is 28200. The molecule has 0 amide bonds. The SMILES string of the molecule is O.O.O.O.O.O.O.O.O.O=S(=O)([O-])[O-].[Mg+2]. The average Bonchev–Trinajstić information content (AvgIpc) is 0.722. The van der Waals surface area contributed by atoms with E-state index in [9.17, 15) is 0 Å². The van der Waals surface area contributed by atoms with Gasteiger partial charge in [0.05, 0.1) is 0 Å². The van der Waals surface area contributed by atoms with E-state index in [1.807, 2.05) is 0 Å². The van der Waals surface area contributed by atoms with Crippen molar-refractivity contribution in [3.8, 4) is 0 Å². The van der Waals surface area contributed by atoms with E-state index in [1.165, 1.54) is 0 Å². The van der Waals surface area contributed by atoms with Gasteiger partial charge in [0.15, 0.2) is 0 Å². The van der Waals surface area contributed by atoms with Gasteiger partial charge in [-0.3, -0.25) is 8.42 Å². The molecular formula is H18MgO13S. The topological polar surface area (TPSA) is 364 Å². The second kappa shape index (κ2) is 63.9. The van der Waals surface area contributed by atoms with Gasteiger partial charge in [-0.1, -0.05) is 0 Å². The summed E-state index contributed by atoms with van der Waals surface area (Å²) >= 11 is 0. The van der Waals surface area contributed by atoms with E-state index in [-0.39, 0.29) is 72.3 Å². The average molecular weight is 283 g/mol. The van der Waals surface area contributed by atoms with Gasteiger partial charge in [0.2, 0.25) is 0 Å². The predicted molar refractivity (Wildman–Crippen MR) is 48.8 cm³/mol. The van der Waals surface area contributed by atoms with Crippen molar-refractivity contribution in [3.05, 3.63) is 0 Å². The van der Waals surface area contributed by atoms with Crippen molar-refractivity contribution in [2.45, 2.75) is 0 Å². The van der Waals surface area contributed by atoms with Crippen LogP contribution in [0.4, 0.5) is 0 Å². The zero-order valence-corrected chi connectivity index (χ0v) is 9.48. The van der Waals surface area contributed by atoms with Crippen molar-refractivity contribution >= 4 is 33.5 Å². The van der Waals surface area contributed by atoms with Crippen LogP contribution in [0.25, 0.3) is 0 Å². The van der Waals surface area contributed by atoms with Crippen LogP contribution in [0, 0.1) is 0 Å². The summed E-state index contributed by atoms with van der Waals surface area (Å²) in [4.78, 5) is 0. The Balaban J connectivity index is -0.00000000178. The predicted octanol–water partition coefficient (Wildman–Crippen LogP) is -9.14. The molecule has 13 nitrogen and oxygen atoms in total. The second-order valence-corrected chi connectivity index (χ2v) is 1.22. The zero-order chi connectivity index (χ0) is 4.50. The molecule has 0 heterocycles. The van der Waals surface area contributed by atoms with Crippen LogP contribution in [0.5, 0.6) is 0 Å². The first-order valence-electron chi connectivity index (χ1n) is 0.667. The minimum absolute atomic E-state index is 0. The third-order valence-electron chi connectivity index (χ3n) is 0. The molecule has 0 aliphatic carbocycles. The van der Waals surface area contributed by atoms with Crippen molar-refractivity contribution in [1.29, 1.82) is 0 Å². The van der Waals surface area contributed by atoms with Crippen molar-refractivity contribution in [2.75, 3.05) is 0 Å². The Morgan fingerprint density at radius 2 is 0.533 bits per heavy atom. The van der Waals surface area contributed by atoms with E-state index >= 15 is 0 Å². The Morgan fingerprint density at radius 3 is 0.533 bits per heavy atom. The summed E-state index contributed by atoms with van der Waals surface area (Å²) in [6.07, 6.45) is 0. The maximum absolute atomic E-state index is 8.52. The molecule has 0 saturated heterocycles. The summed E-state index contributed by atoms with van der Waals surface area (Å²) < 4.78 is 34.1. The molecule has 104 valence electrons. The molecule has 15 heteroatoms. The summed E-state index contributed by atoms with van der Waals surface area (Å²) in [5.74, 6) is 0. The fourth-order valence-corrected chi connectivity index (χ4v) is 0. The normalized spacial score (nSPS) is 3.87. The summed E-state index contributed by atoms with van der Waals surface area (Å²) in [6.45, 7) is 0. The fourth-order valence-electron chi connectivity index (χ4n) is 0. The van der Waals surface area contributed by atoms with Gasteiger partial charge < -0.3 is 58.4 Å². The maximum Gasteiger partial charge on any atom is 2.00 e. The molecular weight excluding hydrogens is 264 g/mol. The molecule has 0 aromatic carbocycles. The number of rotatable bonds is 0. The van der Waals surface area contributed by atoms with Gasteiger partial charge in [0.1, 0.15) is 0 Å². The Morgan fingerprint density at radius 1 is 0.533 bits per heavy atom. The zero-order valence-electron chi connectivity index (χ0n) is 7.25. The first kappa shape index (κ1) is 170. The molecule has 0 aromatic heterocycles. The molecule has 0 unspecified atom stereocenters. The molecule has 15 heavy (non-hydrogen) atoms. The molecule has 0 atom stereocenters. The summed E-state index contributed by atoms with van der Waals surface area (Å²) in [7, 11) is -5.17. The van der Waals surface area contributed by atoms with Crippen LogP contribution in [-0.2, 0) is 10.4 Å². The molecule has 0 rings (SSSR count). The van der Waals surface area contributed by atoms with Crippen LogP contribution in [0.1, 0.15) is 0 Å². The maximum atomic E-state index is 8.52. The summed E-state index contributed by atoms with van der Waals surface area (Å²) in [6, 6.07) is 0. The quantitative estimate of drug-likeness (QED) is 0.237. The summed E-state index contributed by atoms with van der Waals surface area (Å²) in [5.41, 5.74) is 0. The van der Waals surface area contributed by atoms with Gasteiger partial charge in [0.25, 0.3) is 0 Å². The van der Waals surface area contributed by atoms with Crippen molar-refractivity contribution in [2.24, 2.45) is 0 Å². The molecule has 0 aliphatic rings. The molecule has 0 spiro atoms. The van der Waals surface area contributed by atoms with Crippen molar-refractivity contribution in [1.82, 2.24) is 0 Å². The molecule has 0 fully saturated rings. The fraction of sp³-hybridized carbons (Fsp3) is 0. The summed E-state index contributed by atoms with van der Waals surface area (Å²) in [5, 5.41) is 0. The Labute approximate surface area is 101 Å². The first-order chi connectivity index (χ1) is 2.00. The van der Waals surface area contributed by atoms with Crippen LogP contribution in [0.2, 0.25) is 0 Å². The Hall–Kier alpha value is 0.276. The molecule has 0 aromatic rings. The molecule has 0 bridgehead atoms. The van der Waals surface area contributed by atoms with E-state index in [2.05, 4.69) is 0 Å². The number of hydrogen-bond acceptors (Lipinski definition) is 4.